The number of phenolic OH excluding ortho intramolecular Hbond substituents is 1. The largest absolute Gasteiger partial charge is 0.508 e. The molecule has 2 atom stereocenters. The Kier molecular flexibility index (Phi) is 8.77. The minimum atomic E-state index is -1.14. The number of hydrogen-bond donors (Lipinski definition) is 6. The normalized spacial score (nSPS) is 16.0. The van der Waals surface area contributed by atoms with Crippen LogP contribution in [0, 0.1) is 5.82 Å². The van der Waals surface area contributed by atoms with Gasteiger partial charge in [-0.05, 0) is 35.9 Å². The van der Waals surface area contributed by atoms with Crippen molar-refractivity contribution in [3.8, 4) is 5.75 Å². The molecule has 35 heavy (non-hydrogen) atoms. The van der Waals surface area contributed by atoms with Crippen LogP contribution in [0.4, 0.5) is 10.1 Å². The Morgan fingerprint density at radius 1 is 1.17 bits per heavy atom. The Morgan fingerprint density at radius 3 is 2.60 bits per heavy atom. The average molecular weight is 551 g/mol. The van der Waals surface area contributed by atoms with E-state index in [2.05, 4.69) is 36.9 Å². The molecule has 10 nitrogen and oxygen atoms in total. The van der Waals surface area contributed by atoms with Crippen LogP contribution in [0.15, 0.2) is 45.9 Å². The quantitative estimate of drug-likeness (QED) is 0.276. The molecule has 0 aliphatic carbocycles. The number of carbonyl (C=O) groups is 3. The number of aromatic hydroxyl groups is 1. The van der Waals surface area contributed by atoms with E-state index in [9.17, 15) is 34.1 Å². The number of β-amino-alcohol motifs (C(OH)–C–C–N with tert-alkyl or cyclic N) is 1. The first kappa shape index (κ1) is 26.1. The third-order valence-corrected chi connectivity index (χ3v) is 5.56. The van der Waals surface area contributed by atoms with Gasteiger partial charge >= 0.3 is 5.97 Å². The van der Waals surface area contributed by atoms with Crippen molar-refractivity contribution in [3.63, 3.8) is 0 Å². The van der Waals surface area contributed by atoms with Crippen LogP contribution in [-0.4, -0.2) is 64.7 Å². The predicted molar refractivity (Wildman–Crippen MR) is 129 cm³/mol. The van der Waals surface area contributed by atoms with Crippen LogP contribution in [0.2, 0.25) is 0 Å². The monoisotopic (exact) mass is 550 g/mol. The maximum absolute atomic E-state index is 13.8. The standard InChI is InChI=1S/C23H24BrFN4O6/c24-15-1-12(2-16(25)7-15)13(6-21(33)34)4-19(31)9-26-22(35)14-3-17(8-18(30)5-14)29-23-27-10-20(32)11-28-23/h1-3,5,7-8,13,20,30,32H,4,6,9-11H2,(H,26,35)(H,33,34)(H2,27,28,29)/t13-/m0/s1. The van der Waals surface area contributed by atoms with Gasteiger partial charge in [-0.25, -0.2) is 4.39 Å². The van der Waals surface area contributed by atoms with Gasteiger partial charge in [0, 0.05) is 40.7 Å². The molecule has 2 aromatic rings. The number of amides is 1. The number of aliphatic hydroxyl groups is 1. The molecule has 1 heterocycles. The van der Waals surface area contributed by atoms with Gasteiger partial charge in [0.1, 0.15) is 11.6 Å². The molecule has 1 amide bonds. The smallest absolute Gasteiger partial charge is 0.303 e. The van der Waals surface area contributed by atoms with Gasteiger partial charge in [0.2, 0.25) is 0 Å². The number of aliphatic imine (C=N–C) groups is 1. The summed E-state index contributed by atoms with van der Waals surface area (Å²) in [5, 5.41) is 36.9. The van der Waals surface area contributed by atoms with E-state index >= 15 is 0 Å². The van der Waals surface area contributed by atoms with Crippen molar-refractivity contribution < 1.29 is 34.1 Å². The molecular formula is C23H24BrFN4O6. The fourth-order valence-corrected chi connectivity index (χ4v) is 4.01. The van der Waals surface area contributed by atoms with E-state index < -0.39 is 35.5 Å². The van der Waals surface area contributed by atoms with Gasteiger partial charge in [-0.1, -0.05) is 15.9 Å². The van der Waals surface area contributed by atoms with Crippen LogP contribution in [-0.2, 0) is 9.59 Å². The molecule has 0 spiro atoms. The SMILES string of the molecule is O=C(O)C[C@H](CC(=O)CNC(=O)c1cc(O)cc(NC2=NCC(O)CN2)c1)c1cc(F)cc(Br)c1. The molecule has 3 rings (SSSR count). The summed E-state index contributed by atoms with van der Waals surface area (Å²) in [5.41, 5.74) is 0.796. The number of benzene rings is 2. The fourth-order valence-electron chi connectivity index (χ4n) is 3.52. The number of anilines is 1. The highest BCUT2D eigenvalue weighted by Crippen LogP contribution is 2.27. The average Bonchev–Trinajstić information content (AvgIpc) is 2.77. The van der Waals surface area contributed by atoms with Crippen LogP contribution >= 0.6 is 15.9 Å². The minimum absolute atomic E-state index is 0.0768. The molecule has 0 bridgehead atoms. The van der Waals surface area contributed by atoms with Crippen molar-refractivity contribution in [2.45, 2.75) is 24.9 Å². The van der Waals surface area contributed by atoms with Crippen LogP contribution in [0.1, 0.15) is 34.7 Å². The topological polar surface area (TPSA) is 160 Å². The summed E-state index contributed by atoms with van der Waals surface area (Å²) in [6.45, 7) is 0.130. The third kappa shape index (κ3) is 8.04. The lowest BCUT2D eigenvalue weighted by molar-refractivity contribution is -0.137. The lowest BCUT2D eigenvalue weighted by Crippen LogP contribution is -2.42. The highest BCUT2D eigenvalue weighted by atomic mass is 79.9. The molecule has 186 valence electrons. The van der Waals surface area contributed by atoms with Crippen molar-refractivity contribution in [1.82, 2.24) is 10.6 Å². The molecule has 1 aliphatic rings. The first-order chi connectivity index (χ1) is 16.6. The van der Waals surface area contributed by atoms with Crippen LogP contribution in [0.5, 0.6) is 5.75 Å². The first-order valence-electron chi connectivity index (χ1n) is 10.6. The number of Topliss-reactive ketones (excluding diaryl/α,β-unsaturated/α-hetero) is 1. The van der Waals surface area contributed by atoms with E-state index in [1.165, 1.54) is 30.3 Å². The van der Waals surface area contributed by atoms with Crippen LogP contribution in [0.3, 0.4) is 0 Å². The summed E-state index contributed by atoms with van der Waals surface area (Å²) in [5.74, 6) is -3.37. The summed E-state index contributed by atoms with van der Waals surface area (Å²) in [6, 6.07) is 8.01. The Morgan fingerprint density at radius 2 is 1.94 bits per heavy atom. The molecule has 0 aromatic heterocycles. The van der Waals surface area contributed by atoms with Crippen LogP contribution < -0.4 is 16.0 Å². The first-order valence-corrected chi connectivity index (χ1v) is 11.4. The van der Waals surface area contributed by atoms with Gasteiger partial charge in [0.15, 0.2) is 11.7 Å². The molecule has 0 fully saturated rings. The molecule has 2 aromatic carbocycles. The zero-order valence-corrected chi connectivity index (χ0v) is 20.0. The molecule has 12 heteroatoms. The number of nitrogens with zero attached hydrogens (tertiary/aromatic N) is 1. The summed E-state index contributed by atoms with van der Waals surface area (Å²) in [4.78, 5) is 40.5. The zero-order valence-electron chi connectivity index (χ0n) is 18.4. The number of aliphatic hydroxyl groups excluding tert-OH is 1. The number of hydrogen-bond acceptors (Lipinski definition) is 8. The van der Waals surface area contributed by atoms with Gasteiger partial charge in [-0.3, -0.25) is 19.4 Å². The molecule has 0 radical (unpaired) electrons. The number of rotatable bonds is 9. The van der Waals surface area contributed by atoms with Gasteiger partial charge in [-0.15, -0.1) is 0 Å². The summed E-state index contributed by atoms with van der Waals surface area (Å²) >= 11 is 3.16. The lowest BCUT2D eigenvalue weighted by Gasteiger charge is -2.20. The zero-order chi connectivity index (χ0) is 25.5. The Bertz CT molecular complexity index is 1140. The van der Waals surface area contributed by atoms with Crippen molar-refractivity contribution >= 4 is 45.2 Å². The van der Waals surface area contributed by atoms with Gasteiger partial charge in [0.25, 0.3) is 5.91 Å². The van der Waals surface area contributed by atoms with E-state index in [4.69, 9.17) is 0 Å². The van der Waals surface area contributed by atoms with Crippen molar-refractivity contribution in [1.29, 1.82) is 0 Å². The highest BCUT2D eigenvalue weighted by molar-refractivity contribution is 9.10. The Balaban J connectivity index is 1.63. The van der Waals surface area contributed by atoms with Gasteiger partial charge in [0.05, 0.1) is 25.6 Å². The van der Waals surface area contributed by atoms with Crippen LogP contribution in [0.25, 0.3) is 0 Å². The predicted octanol–water partition coefficient (Wildman–Crippen LogP) is 1.97. The number of phenols is 1. The molecule has 1 unspecified atom stereocenters. The molecule has 6 N–H and O–H groups in total. The molecule has 0 saturated heterocycles. The molecule has 1 aliphatic heterocycles. The van der Waals surface area contributed by atoms with E-state index in [0.717, 1.165) is 0 Å². The Labute approximate surface area is 208 Å². The van der Waals surface area contributed by atoms with E-state index in [1.54, 1.807) is 6.07 Å². The highest BCUT2D eigenvalue weighted by Gasteiger charge is 2.21. The number of carboxylic acids is 1. The number of ketones is 1. The van der Waals surface area contributed by atoms with E-state index in [0.29, 0.717) is 28.2 Å². The second-order valence-corrected chi connectivity index (χ2v) is 8.96. The minimum Gasteiger partial charge on any atom is -0.508 e. The Hall–Kier alpha value is -3.51. The van der Waals surface area contributed by atoms with E-state index in [-0.39, 0.29) is 37.2 Å². The third-order valence-electron chi connectivity index (χ3n) is 5.11. The maximum Gasteiger partial charge on any atom is 0.303 e. The number of carboxylic acid groups (broad SMARTS) is 1. The fraction of sp³-hybridized carbons (Fsp3) is 0.304. The second kappa shape index (κ2) is 11.8. The number of aliphatic carboxylic acids is 1. The maximum atomic E-state index is 13.8. The van der Waals surface area contributed by atoms with Crippen molar-refractivity contribution in [3.05, 3.63) is 57.8 Å². The number of nitrogens with one attached hydrogen (secondary N) is 3. The van der Waals surface area contributed by atoms with Crippen molar-refractivity contribution in [2.75, 3.05) is 25.0 Å². The summed E-state index contributed by atoms with van der Waals surface area (Å²) in [6.07, 6.45) is -1.19. The number of halogens is 2. The summed E-state index contributed by atoms with van der Waals surface area (Å²) in [7, 11) is 0. The lowest BCUT2D eigenvalue weighted by atomic mass is 9.90. The van der Waals surface area contributed by atoms with E-state index in [1.807, 2.05) is 0 Å². The summed E-state index contributed by atoms with van der Waals surface area (Å²) < 4.78 is 14.2. The second-order valence-electron chi connectivity index (χ2n) is 8.04. The van der Waals surface area contributed by atoms with Crippen molar-refractivity contribution in [2.24, 2.45) is 4.99 Å². The van der Waals surface area contributed by atoms with Gasteiger partial charge in [-0.2, -0.15) is 0 Å². The number of guanidine groups is 1. The van der Waals surface area contributed by atoms with Gasteiger partial charge < -0.3 is 31.3 Å². The molecule has 0 saturated carbocycles. The number of carbonyl (C=O) groups excluding carboxylic acids is 2. The molecular weight excluding hydrogens is 527 g/mol.